The van der Waals surface area contributed by atoms with Gasteiger partial charge in [-0.2, -0.15) is 0 Å². The fourth-order valence-electron chi connectivity index (χ4n) is 2.23. The van der Waals surface area contributed by atoms with Gasteiger partial charge in [0.15, 0.2) is 0 Å². The molecule has 2 rings (SSSR count). The lowest BCUT2D eigenvalue weighted by Gasteiger charge is -2.21. The second kappa shape index (κ2) is 6.79. The fraction of sp³-hybridized carbons (Fsp3) is 0.533. The Bertz CT molecular complexity index is 578. The number of fused-ring (bicyclic) bond motifs is 1. The molecule has 0 bridgehead atoms. The zero-order chi connectivity index (χ0) is 14.7. The Morgan fingerprint density at radius 2 is 2.10 bits per heavy atom. The molecule has 0 saturated heterocycles. The number of alkyl halides is 1. The molecule has 0 radical (unpaired) electrons. The van der Waals surface area contributed by atoms with E-state index in [4.69, 9.17) is 23.2 Å². The third kappa shape index (κ3) is 3.46. The number of hydrogen-bond acceptors (Lipinski definition) is 2. The van der Waals surface area contributed by atoms with Gasteiger partial charge in [-0.15, -0.1) is 11.6 Å². The highest BCUT2D eigenvalue weighted by Crippen LogP contribution is 2.22. The highest BCUT2D eigenvalue weighted by molar-refractivity contribution is 6.31. The van der Waals surface area contributed by atoms with Crippen molar-refractivity contribution >= 4 is 34.2 Å². The van der Waals surface area contributed by atoms with E-state index in [-0.39, 0.29) is 0 Å². The molecule has 1 aromatic carbocycles. The van der Waals surface area contributed by atoms with Crippen LogP contribution in [0.25, 0.3) is 11.0 Å². The fourth-order valence-corrected chi connectivity index (χ4v) is 2.60. The Labute approximate surface area is 130 Å². The van der Waals surface area contributed by atoms with Gasteiger partial charge in [0.1, 0.15) is 5.82 Å². The van der Waals surface area contributed by atoms with Crippen molar-refractivity contribution in [2.45, 2.75) is 38.7 Å². The first kappa shape index (κ1) is 15.6. The number of hydrogen-bond donors (Lipinski definition) is 0. The van der Waals surface area contributed by atoms with Gasteiger partial charge in [-0.1, -0.05) is 11.6 Å². The van der Waals surface area contributed by atoms with Crippen LogP contribution < -0.4 is 0 Å². The first-order chi connectivity index (χ1) is 9.52. The molecule has 20 heavy (non-hydrogen) atoms. The number of rotatable bonds is 6. The molecule has 0 unspecified atom stereocenters. The normalized spacial score (nSPS) is 11.9. The minimum Gasteiger partial charge on any atom is -0.327 e. The van der Waals surface area contributed by atoms with Crippen molar-refractivity contribution in [3.05, 3.63) is 29.0 Å². The molecule has 1 aromatic heterocycles. The average Bonchev–Trinajstić information content (AvgIpc) is 2.76. The molecule has 5 heteroatoms. The summed E-state index contributed by atoms with van der Waals surface area (Å²) in [5.74, 6) is 1.34. The van der Waals surface area contributed by atoms with Gasteiger partial charge >= 0.3 is 0 Å². The Kier molecular flexibility index (Phi) is 5.30. The lowest BCUT2D eigenvalue weighted by Crippen LogP contribution is -2.28. The van der Waals surface area contributed by atoms with Crippen molar-refractivity contribution < 1.29 is 0 Å². The van der Waals surface area contributed by atoms with Crippen LogP contribution in [-0.4, -0.2) is 34.1 Å². The second-order valence-corrected chi connectivity index (χ2v) is 6.08. The molecule has 0 atom stereocenters. The quantitative estimate of drug-likeness (QED) is 0.747. The van der Waals surface area contributed by atoms with E-state index in [9.17, 15) is 0 Å². The summed E-state index contributed by atoms with van der Waals surface area (Å²) in [7, 11) is 2.15. The van der Waals surface area contributed by atoms with E-state index in [1.165, 1.54) is 0 Å². The highest BCUT2D eigenvalue weighted by Gasteiger charge is 2.11. The van der Waals surface area contributed by atoms with Gasteiger partial charge in [0.05, 0.1) is 16.9 Å². The molecule has 110 valence electrons. The van der Waals surface area contributed by atoms with Gasteiger partial charge < -0.3 is 9.47 Å². The second-order valence-electron chi connectivity index (χ2n) is 5.37. The van der Waals surface area contributed by atoms with Crippen molar-refractivity contribution in [1.82, 2.24) is 14.5 Å². The first-order valence-corrected chi connectivity index (χ1v) is 7.85. The van der Waals surface area contributed by atoms with Gasteiger partial charge in [-0.25, -0.2) is 4.98 Å². The number of aromatic nitrogens is 2. The van der Waals surface area contributed by atoms with Crippen LogP contribution in [0.15, 0.2) is 18.2 Å². The first-order valence-electron chi connectivity index (χ1n) is 6.93. The van der Waals surface area contributed by atoms with E-state index in [0.717, 1.165) is 41.4 Å². The summed E-state index contributed by atoms with van der Waals surface area (Å²) in [5, 5.41) is 0.735. The zero-order valence-corrected chi connectivity index (χ0v) is 13.7. The molecule has 0 amide bonds. The van der Waals surface area contributed by atoms with E-state index < -0.39 is 0 Å². The molecule has 2 aromatic rings. The molecule has 0 saturated carbocycles. The molecule has 0 aliphatic rings. The number of imidazole rings is 1. The van der Waals surface area contributed by atoms with Crippen LogP contribution in [0.4, 0.5) is 0 Å². The lowest BCUT2D eigenvalue weighted by molar-refractivity contribution is 0.265. The van der Waals surface area contributed by atoms with Gasteiger partial charge in [-0.05, 0) is 52.1 Å². The summed E-state index contributed by atoms with van der Waals surface area (Å²) in [6.45, 7) is 6.38. The monoisotopic (exact) mass is 313 g/mol. The van der Waals surface area contributed by atoms with Crippen molar-refractivity contribution in [3.63, 3.8) is 0 Å². The Hall–Kier alpha value is -0.770. The van der Waals surface area contributed by atoms with Crippen LogP contribution in [0.1, 0.15) is 26.1 Å². The van der Waals surface area contributed by atoms with E-state index in [1.54, 1.807) is 0 Å². The minimum atomic E-state index is 0.423. The Morgan fingerprint density at radius 1 is 1.35 bits per heavy atom. The zero-order valence-electron chi connectivity index (χ0n) is 12.2. The Morgan fingerprint density at radius 3 is 2.75 bits per heavy atom. The molecule has 0 spiro atoms. The van der Waals surface area contributed by atoms with Gasteiger partial charge in [-0.3, -0.25) is 0 Å². The molecule has 0 fully saturated rings. The number of benzene rings is 1. The van der Waals surface area contributed by atoms with Crippen LogP contribution in [0.2, 0.25) is 5.02 Å². The summed E-state index contributed by atoms with van der Waals surface area (Å²) in [6, 6.07) is 6.35. The SMILES string of the molecule is CC(C)N(C)CCCn1c(CCl)nc2ccc(Cl)cc21. The average molecular weight is 314 g/mol. The summed E-state index contributed by atoms with van der Waals surface area (Å²) >= 11 is 12.1. The summed E-state index contributed by atoms with van der Waals surface area (Å²) < 4.78 is 2.18. The van der Waals surface area contributed by atoms with Crippen molar-refractivity contribution in [1.29, 1.82) is 0 Å². The van der Waals surface area contributed by atoms with Crippen LogP contribution in [0, 0.1) is 0 Å². The van der Waals surface area contributed by atoms with Crippen molar-refractivity contribution in [2.24, 2.45) is 0 Å². The predicted octanol–water partition coefficient (Wildman–Crippen LogP) is 4.16. The van der Waals surface area contributed by atoms with Crippen molar-refractivity contribution in [2.75, 3.05) is 13.6 Å². The summed E-state index contributed by atoms with van der Waals surface area (Å²) in [4.78, 5) is 6.90. The third-order valence-corrected chi connectivity index (χ3v) is 4.16. The van der Waals surface area contributed by atoms with Crippen LogP contribution >= 0.6 is 23.2 Å². The molecule has 0 aliphatic carbocycles. The maximum absolute atomic E-state index is 6.09. The van der Waals surface area contributed by atoms with Gasteiger partial charge in [0.25, 0.3) is 0 Å². The lowest BCUT2D eigenvalue weighted by atomic mass is 10.3. The van der Waals surface area contributed by atoms with E-state index >= 15 is 0 Å². The number of nitrogens with zero attached hydrogens (tertiary/aromatic N) is 3. The topological polar surface area (TPSA) is 21.1 Å². The molecule has 1 heterocycles. The number of aryl methyl sites for hydroxylation is 1. The van der Waals surface area contributed by atoms with E-state index in [0.29, 0.717) is 11.9 Å². The van der Waals surface area contributed by atoms with Crippen LogP contribution in [0.5, 0.6) is 0 Å². The highest BCUT2D eigenvalue weighted by atomic mass is 35.5. The van der Waals surface area contributed by atoms with Crippen LogP contribution in [0.3, 0.4) is 0 Å². The van der Waals surface area contributed by atoms with E-state index in [2.05, 4.69) is 35.3 Å². The van der Waals surface area contributed by atoms with Gasteiger partial charge in [0, 0.05) is 17.6 Å². The molecular weight excluding hydrogens is 293 g/mol. The molecular formula is C15H21Cl2N3. The number of halogens is 2. The predicted molar refractivity (Wildman–Crippen MR) is 86.7 cm³/mol. The third-order valence-electron chi connectivity index (χ3n) is 3.68. The standard InChI is InChI=1S/C15H21Cl2N3/c1-11(2)19(3)7-4-8-20-14-9-12(17)5-6-13(14)18-15(20)10-16/h5-6,9,11H,4,7-8,10H2,1-3H3. The van der Waals surface area contributed by atoms with Crippen LogP contribution in [-0.2, 0) is 12.4 Å². The summed E-state index contributed by atoms with van der Waals surface area (Å²) in [5.41, 5.74) is 2.03. The molecule has 3 nitrogen and oxygen atoms in total. The summed E-state index contributed by atoms with van der Waals surface area (Å²) in [6.07, 6.45) is 1.07. The van der Waals surface area contributed by atoms with E-state index in [1.807, 2.05) is 18.2 Å². The molecule has 0 N–H and O–H groups in total. The van der Waals surface area contributed by atoms with Gasteiger partial charge in [0.2, 0.25) is 0 Å². The largest absolute Gasteiger partial charge is 0.327 e. The maximum Gasteiger partial charge on any atom is 0.124 e. The smallest absolute Gasteiger partial charge is 0.124 e. The van der Waals surface area contributed by atoms with Crippen molar-refractivity contribution in [3.8, 4) is 0 Å². The maximum atomic E-state index is 6.09. The Balaban J connectivity index is 2.17. The minimum absolute atomic E-state index is 0.423. The molecule has 0 aliphatic heterocycles.